The number of nitrogens with one attached hydrogen (secondary N) is 2. The molecule has 1 heterocycles. The summed E-state index contributed by atoms with van der Waals surface area (Å²) in [4.78, 5) is 7.75. The van der Waals surface area contributed by atoms with Gasteiger partial charge in [0, 0.05) is 24.5 Å². The van der Waals surface area contributed by atoms with E-state index in [9.17, 15) is 0 Å². The van der Waals surface area contributed by atoms with Gasteiger partial charge in [-0.3, -0.25) is 0 Å². The largest absolute Gasteiger partial charge is 0.496 e. The summed E-state index contributed by atoms with van der Waals surface area (Å²) in [6.45, 7) is 7.09. The molecule has 0 radical (unpaired) electrons. The third-order valence-corrected chi connectivity index (χ3v) is 2.94. The Balaban J connectivity index is 2.22. The van der Waals surface area contributed by atoms with Crippen molar-refractivity contribution < 1.29 is 4.74 Å². The summed E-state index contributed by atoms with van der Waals surface area (Å²) in [6.07, 6.45) is 1.87. The van der Waals surface area contributed by atoms with Crippen LogP contribution < -0.4 is 10.1 Å². The van der Waals surface area contributed by atoms with Crippen molar-refractivity contribution in [1.29, 1.82) is 0 Å². The molecule has 0 aliphatic carbocycles. The molecule has 0 atom stereocenters. The average molecular weight is 259 g/mol. The SMILES string of the molecule is COc1cc(C)ccc1-c1ncc(CNC(C)C)[nH]1. The smallest absolute Gasteiger partial charge is 0.141 e. The molecule has 4 heteroatoms. The van der Waals surface area contributed by atoms with Crippen molar-refractivity contribution in [3.63, 3.8) is 0 Å². The zero-order chi connectivity index (χ0) is 13.8. The number of nitrogens with zero attached hydrogens (tertiary/aromatic N) is 1. The van der Waals surface area contributed by atoms with Crippen LogP contribution in [0.1, 0.15) is 25.1 Å². The lowest BCUT2D eigenvalue weighted by molar-refractivity contribution is 0.416. The summed E-state index contributed by atoms with van der Waals surface area (Å²) in [5.41, 5.74) is 3.24. The molecule has 0 aliphatic heterocycles. The number of aromatic nitrogens is 2. The van der Waals surface area contributed by atoms with Crippen molar-refractivity contribution in [1.82, 2.24) is 15.3 Å². The molecule has 102 valence electrons. The first-order valence-corrected chi connectivity index (χ1v) is 6.52. The van der Waals surface area contributed by atoms with Gasteiger partial charge in [-0.15, -0.1) is 0 Å². The van der Waals surface area contributed by atoms with Crippen molar-refractivity contribution >= 4 is 0 Å². The quantitative estimate of drug-likeness (QED) is 0.868. The van der Waals surface area contributed by atoms with E-state index in [0.717, 1.165) is 29.4 Å². The first kappa shape index (κ1) is 13.6. The predicted octanol–water partition coefficient (Wildman–Crippen LogP) is 2.89. The van der Waals surface area contributed by atoms with Crippen LogP contribution in [0.15, 0.2) is 24.4 Å². The van der Waals surface area contributed by atoms with Gasteiger partial charge in [-0.25, -0.2) is 4.98 Å². The lowest BCUT2D eigenvalue weighted by Crippen LogP contribution is -2.21. The highest BCUT2D eigenvalue weighted by molar-refractivity contribution is 5.65. The fraction of sp³-hybridized carbons (Fsp3) is 0.400. The number of benzene rings is 1. The van der Waals surface area contributed by atoms with Gasteiger partial charge in [0.25, 0.3) is 0 Å². The summed E-state index contributed by atoms with van der Waals surface area (Å²) in [6, 6.07) is 6.57. The number of ether oxygens (including phenoxy) is 1. The monoisotopic (exact) mass is 259 g/mol. The van der Waals surface area contributed by atoms with E-state index in [-0.39, 0.29) is 0 Å². The van der Waals surface area contributed by atoms with E-state index in [1.165, 1.54) is 5.56 Å². The van der Waals surface area contributed by atoms with Gasteiger partial charge in [-0.2, -0.15) is 0 Å². The van der Waals surface area contributed by atoms with Crippen LogP contribution in [0.2, 0.25) is 0 Å². The molecule has 0 aliphatic rings. The van der Waals surface area contributed by atoms with Crippen molar-refractivity contribution in [2.45, 2.75) is 33.4 Å². The van der Waals surface area contributed by atoms with Crippen LogP contribution in [0.25, 0.3) is 11.4 Å². The second kappa shape index (κ2) is 5.89. The molecule has 0 spiro atoms. The Hall–Kier alpha value is -1.81. The Morgan fingerprint density at radius 2 is 2.16 bits per heavy atom. The highest BCUT2D eigenvalue weighted by atomic mass is 16.5. The maximum atomic E-state index is 5.41. The fourth-order valence-electron chi connectivity index (χ4n) is 1.89. The molecule has 0 fully saturated rings. The van der Waals surface area contributed by atoms with Gasteiger partial charge in [-0.05, 0) is 24.6 Å². The lowest BCUT2D eigenvalue weighted by Gasteiger charge is -2.07. The van der Waals surface area contributed by atoms with Crippen LogP contribution in [-0.2, 0) is 6.54 Å². The Morgan fingerprint density at radius 3 is 2.84 bits per heavy atom. The minimum atomic E-state index is 0.459. The number of H-pyrrole nitrogens is 1. The minimum absolute atomic E-state index is 0.459. The number of methoxy groups -OCH3 is 1. The second-order valence-corrected chi connectivity index (χ2v) is 5.00. The highest BCUT2D eigenvalue weighted by Crippen LogP contribution is 2.28. The van der Waals surface area contributed by atoms with Gasteiger partial charge in [0.1, 0.15) is 11.6 Å². The lowest BCUT2D eigenvalue weighted by atomic mass is 10.1. The molecule has 19 heavy (non-hydrogen) atoms. The fourth-order valence-corrected chi connectivity index (χ4v) is 1.89. The second-order valence-electron chi connectivity index (χ2n) is 5.00. The van der Waals surface area contributed by atoms with E-state index in [0.29, 0.717) is 6.04 Å². The molecule has 0 bridgehead atoms. The predicted molar refractivity (Wildman–Crippen MR) is 77.3 cm³/mol. The number of rotatable bonds is 5. The molecular weight excluding hydrogens is 238 g/mol. The first-order valence-electron chi connectivity index (χ1n) is 6.52. The molecule has 0 amide bonds. The van der Waals surface area contributed by atoms with Gasteiger partial charge in [0.2, 0.25) is 0 Å². The van der Waals surface area contributed by atoms with Gasteiger partial charge < -0.3 is 15.0 Å². The van der Waals surface area contributed by atoms with Crippen molar-refractivity contribution in [3.05, 3.63) is 35.7 Å². The van der Waals surface area contributed by atoms with E-state index >= 15 is 0 Å². The van der Waals surface area contributed by atoms with Crippen LogP contribution in [-0.4, -0.2) is 23.1 Å². The molecule has 0 saturated heterocycles. The topological polar surface area (TPSA) is 49.9 Å². The van der Waals surface area contributed by atoms with Crippen molar-refractivity contribution in [2.24, 2.45) is 0 Å². The maximum absolute atomic E-state index is 5.41. The normalized spacial score (nSPS) is 11.0. The Morgan fingerprint density at radius 1 is 1.37 bits per heavy atom. The standard InChI is InChI=1S/C15H21N3O/c1-10(2)16-8-12-9-17-15(18-12)13-6-5-11(3)7-14(13)19-4/h5-7,9-10,16H,8H2,1-4H3,(H,17,18). The summed E-state index contributed by atoms with van der Waals surface area (Å²) >= 11 is 0. The average Bonchev–Trinajstić information content (AvgIpc) is 2.84. The van der Waals surface area contributed by atoms with Crippen molar-refractivity contribution in [2.75, 3.05) is 7.11 Å². The Bertz CT molecular complexity index is 546. The molecule has 2 aromatic rings. The third-order valence-electron chi connectivity index (χ3n) is 2.94. The van der Waals surface area contributed by atoms with Gasteiger partial charge >= 0.3 is 0 Å². The van der Waals surface area contributed by atoms with E-state index < -0.39 is 0 Å². The van der Waals surface area contributed by atoms with Gasteiger partial charge in [-0.1, -0.05) is 19.9 Å². The number of imidazole rings is 1. The molecule has 1 aromatic carbocycles. The summed E-state index contributed by atoms with van der Waals surface area (Å²) in [5, 5.41) is 3.36. The molecule has 1 aromatic heterocycles. The van der Waals surface area contributed by atoms with E-state index in [1.54, 1.807) is 7.11 Å². The molecule has 4 nitrogen and oxygen atoms in total. The van der Waals surface area contributed by atoms with Crippen LogP contribution in [0, 0.1) is 6.92 Å². The van der Waals surface area contributed by atoms with Crippen molar-refractivity contribution in [3.8, 4) is 17.1 Å². The minimum Gasteiger partial charge on any atom is -0.496 e. The summed E-state index contributed by atoms with van der Waals surface area (Å²) < 4.78 is 5.41. The van der Waals surface area contributed by atoms with Crippen LogP contribution in [0.4, 0.5) is 0 Å². The summed E-state index contributed by atoms with van der Waals surface area (Å²) in [7, 11) is 1.68. The molecule has 2 N–H and O–H groups in total. The van der Waals surface area contributed by atoms with Gasteiger partial charge in [0.15, 0.2) is 0 Å². The van der Waals surface area contributed by atoms with Crippen LogP contribution in [0.3, 0.4) is 0 Å². The van der Waals surface area contributed by atoms with E-state index in [4.69, 9.17) is 4.74 Å². The van der Waals surface area contributed by atoms with Gasteiger partial charge in [0.05, 0.1) is 12.7 Å². The highest BCUT2D eigenvalue weighted by Gasteiger charge is 2.09. The zero-order valence-corrected chi connectivity index (χ0v) is 11.9. The number of aryl methyl sites for hydroxylation is 1. The third kappa shape index (κ3) is 3.35. The van der Waals surface area contributed by atoms with Crippen LogP contribution >= 0.6 is 0 Å². The summed E-state index contributed by atoms with van der Waals surface area (Å²) in [5.74, 6) is 1.69. The molecule has 0 unspecified atom stereocenters. The molecule has 0 saturated carbocycles. The molecule has 2 rings (SSSR count). The van der Waals surface area contributed by atoms with E-state index in [2.05, 4.69) is 35.2 Å². The van der Waals surface area contributed by atoms with E-state index in [1.807, 2.05) is 25.3 Å². The number of hydrogen-bond acceptors (Lipinski definition) is 3. The number of hydrogen-bond donors (Lipinski definition) is 2. The Labute approximate surface area is 114 Å². The first-order chi connectivity index (χ1) is 9.10. The Kier molecular flexibility index (Phi) is 4.22. The maximum Gasteiger partial charge on any atom is 0.141 e. The number of aromatic amines is 1. The zero-order valence-electron chi connectivity index (χ0n) is 11.9. The molecular formula is C15H21N3O. The van der Waals surface area contributed by atoms with Crippen LogP contribution in [0.5, 0.6) is 5.75 Å².